The molecule has 17 heavy (non-hydrogen) atoms. The molecular formula is C14H27NO2. The van der Waals surface area contributed by atoms with Crippen LogP contribution < -0.4 is 0 Å². The first-order chi connectivity index (χ1) is 7.59. The van der Waals surface area contributed by atoms with Gasteiger partial charge in [0.2, 0.25) is 5.91 Å². The van der Waals surface area contributed by atoms with E-state index in [4.69, 9.17) is 0 Å². The molecule has 2 unspecified atom stereocenters. The van der Waals surface area contributed by atoms with E-state index in [0.717, 1.165) is 6.42 Å². The van der Waals surface area contributed by atoms with Gasteiger partial charge in [-0.05, 0) is 31.1 Å². The molecular weight excluding hydrogens is 214 g/mol. The smallest absolute Gasteiger partial charge is 0.222 e. The predicted octanol–water partition coefficient (Wildman–Crippen LogP) is 2.43. The number of β-amino-alcohol motifs (C(OH)–C–C–N with tert-alkyl or cyclic N) is 1. The molecule has 100 valence electrons. The van der Waals surface area contributed by atoms with E-state index in [-0.39, 0.29) is 11.3 Å². The SMILES string of the molecule is CC(CC(=O)N1CCC(C)(O)C1)CC(C)(C)C. The maximum Gasteiger partial charge on any atom is 0.222 e. The van der Waals surface area contributed by atoms with Crippen LogP contribution in [0.1, 0.15) is 53.9 Å². The molecule has 1 N–H and O–H groups in total. The molecule has 1 rings (SSSR count). The van der Waals surface area contributed by atoms with E-state index in [1.54, 1.807) is 11.8 Å². The second-order valence-electron chi connectivity index (χ2n) is 7.14. The van der Waals surface area contributed by atoms with Crippen LogP contribution in [0.4, 0.5) is 0 Å². The molecule has 0 aromatic heterocycles. The number of amides is 1. The van der Waals surface area contributed by atoms with Gasteiger partial charge in [-0.2, -0.15) is 0 Å². The third-order valence-corrected chi connectivity index (χ3v) is 3.29. The summed E-state index contributed by atoms with van der Waals surface area (Å²) in [5, 5.41) is 9.84. The van der Waals surface area contributed by atoms with E-state index >= 15 is 0 Å². The molecule has 0 saturated carbocycles. The number of hydrogen-bond acceptors (Lipinski definition) is 2. The van der Waals surface area contributed by atoms with Gasteiger partial charge < -0.3 is 10.0 Å². The van der Waals surface area contributed by atoms with Gasteiger partial charge in [0.15, 0.2) is 0 Å². The average Bonchev–Trinajstić information content (AvgIpc) is 2.42. The summed E-state index contributed by atoms with van der Waals surface area (Å²) >= 11 is 0. The van der Waals surface area contributed by atoms with Crippen molar-refractivity contribution in [2.45, 2.75) is 59.5 Å². The fourth-order valence-electron chi connectivity index (χ4n) is 2.70. The molecule has 0 bridgehead atoms. The van der Waals surface area contributed by atoms with Crippen molar-refractivity contribution in [2.75, 3.05) is 13.1 Å². The maximum absolute atomic E-state index is 12.0. The standard InChI is InChI=1S/C14H27NO2/c1-11(9-13(2,3)4)8-12(16)15-7-6-14(5,17)10-15/h11,17H,6-10H2,1-5H3. The molecule has 1 fully saturated rings. The van der Waals surface area contributed by atoms with Crippen molar-refractivity contribution in [2.24, 2.45) is 11.3 Å². The van der Waals surface area contributed by atoms with Crippen LogP contribution >= 0.6 is 0 Å². The van der Waals surface area contributed by atoms with Gasteiger partial charge in [0, 0.05) is 19.5 Å². The summed E-state index contributed by atoms with van der Waals surface area (Å²) in [6.07, 6.45) is 2.36. The zero-order valence-electron chi connectivity index (χ0n) is 11.9. The van der Waals surface area contributed by atoms with Gasteiger partial charge in [0.1, 0.15) is 0 Å². The summed E-state index contributed by atoms with van der Waals surface area (Å²) in [7, 11) is 0. The highest BCUT2D eigenvalue weighted by molar-refractivity contribution is 5.76. The lowest BCUT2D eigenvalue weighted by Crippen LogP contribution is -2.34. The van der Waals surface area contributed by atoms with E-state index in [9.17, 15) is 9.90 Å². The van der Waals surface area contributed by atoms with Gasteiger partial charge in [-0.25, -0.2) is 0 Å². The molecule has 1 aliphatic heterocycles. The number of hydrogen-bond donors (Lipinski definition) is 1. The van der Waals surface area contributed by atoms with E-state index < -0.39 is 5.60 Å². The van der Waals surface area contributed by atoms with Crippen LogP contribution in [0.3, 0.4) is 0 Å². The third kappa shape index (κ3) is 5.07. The molecule has 0 aliphatic carbocycles. The van der Waals surface area contributed by atoms with Gasteiger partial charge in [-0.15, -0.1) is 0 Å². The van der Waals surface area contributed by atoms with Crippen LogP contribution in [0.5, 0.6) is 0 Å². The largest absolute Gasteiger partial charge is 0.388 e. The lowest BCUT2D eigenvalue weighted by Gasteiger charge is -2.25. The highest BCUT2D eigenvalue weighted by Gasteiger charge is 2.34. The maximum atomic E-state index is 12.0. The van der Waals surface area contributed by atoms with Crippen molar-refractivity contribution in [3.05, 3.63) is 0 Å². The van der Waals surface area contributed by atoms with Gasteiger partial charge >= 0.3 is 0 Å². The molecule has 0 aromatic rings. The lowest BCUT2D eigenvalue weighted by atomic mass is 9.84. The molecule has 3 heteroatoms. The number of aliphatic hydroxyl groups is 1. The van der Waals surface area contributed by atoms with Crippen LogP contribution in [0.15, 0.2) is 0 Å². The zero-order valence-corrected chi connectivity index (χ0v) is 11.9. The number of carbonyl (C=O) groups is 1. The molecule has 3 nitrogen and oxygen atoms in total. The summed E-state index contributed by atoms with van der Waals surface area (Å²) in [5.74, 6) is 0.604. The minimum Gasteiger partial charge on any atom is -0.388 e. The Labute approximate surface area is 105 Å². The van der Waals surface area contributed by atoms with Gasteiger partial charge in [-0.3, -0.25) is 4.79 Å². The first-order valence-corrected chi connectivity index (χ1v) is 6.59. The molecule has 1 heterocycles. The molecule has 1 saturated heterocycles. The van der Waals surface area contributed by atoms with Crippen molar-refractivity contribution >= 4 is 5.91 Å². The van der Waals surface area contributed by atoms with E-state index in [0.29, 0.717) is 31.8 Å². The molecule has 1 amide bonds. The minimum atomic E-state index is -0.678. The molecule has 0 aromatic carbocycles. The molecule has 0 spiro atoms. The summed E-state index contributed by atoms with van der Waals surface area (Å²) in [4.78, 5) is 13.8. The number of rotatable bonds is 3. The first kappa shape index (κ1) is 14.5. The van der Waals surface area contributed by atoms with Crippen LogP contribution in [-0.4, -0.2) is 34.6 Å². The van der Waals surface area contributed by atoms with Gasteiger partial charge in [-0.1, -0.05) is 27.7 Å². The Morgan fingerprint density at radius 3 is 2.47 bits per heavy atom. The highest BCUT2D eigenvalue weighted by Crippen LogP contribution is 2.27. The van der Waals surface area contributed by atoms with Gasteiger partial charge in [0.05, 0.1) is 5.60 Å². The van der Waals surface area contributed by atoms with Crippen molar-refractivity contribution in [3.63, 3.8) is 0 Å². The Kier molecular flexibility index (Phi) is 4.23. The Balaban J connectivity index is 2.40. The molecule has 2 atom stereocenters. The fourth-order valence-corrected chi connectivity index (χ4v) is 2.70. The monoisotopic (exact) mass is 241 g/mol. The number of nitrogens with zero attached hydrogens (tertiary/aromatic N) is 1. The summed E-state index contributed by atoms with van der Waals surface area (Å²) in [6.45, 7) is 11.7. The average molecular weight is 241 g/mol. The summed E-state index contributed by atoms with van der Waals surface area (Å²) in [6, 6.07) is 0. The van der Waals surface area contributed by atoms with Crippen LogP contribution in [0.25, 0.3) is 0 Å². The van der Waals surface area contributed by atoms with E-state index in [1.165, 1.54) is 0 Å². The van der Waals surface area contributed by atoms with Gasteiger partial charge in [0.25, 0.3) is 0 Å². The third-order valence-electron chi connectivity index (χ3n) is 3.29. The Morgan fingerprint density at radius 1 is 1.47 bits per heavy atom. The van der Waals surface area contributed by atoms with Crippen LogP contribution in [0.2, 0.25) is 0 Å². The number of carbonyl (C=O) groups excluding carboxylic acids is 1. The second-order valence-corrected chi connectivity index (χ2v) is 7.14. The van der Waals surface area contributed by atoms with Crippen molar-refractivity contribution in [3.8, 4) is 0 Å². The topological polar surface area (TPSA) is 40.5 Å². The van der Waals surface area contributed by atoms with E-state index in [1.807, 2.05) is 0 Å². The molecule has 0 radical (unpaired) electrons. The zero-order chi connectivity index (χ0) is 13.3. The molecule has 1 aliphatic rings. The Hall–Kier alpha value is -0.570. The van der Waals surface area contributed by atoms with Crippen LogP contribution in [0, 0.1) is 11.3 Å². The minimum absolute atomic E-state index is 0.194. The lowest BCUT2D eigenvalue weighted by molar-refractivity contribution is -0.132. The summed E-state index contributed by atoms with van der Waals surface area (Å²) in [5.41, 5.74) is -0.404. The quantitative estimate of drug-likeness (QED) is 0.824. The normalized spacial score (nSPS) is 27.3. The van der Waals surface area contributed by atoms with Crippen molar-refractivity contribution < 1.29 is 9.90 Å². The van der Waals surface area contributed by atoms with Crippen molar-refractivity contribution in [1.82, 2.24) is 4.90 Å². The summed E-state index contributed by atoms with van der Waals surface area (Å²) < 4.78 is 0. The van der Waals surface area contributed by atoms with Crippen molar-refractivity contribution in [1.29, 1.82) is 0 Å². The number of likely N-dealkylation sites (tertiary alicyclic amines) is 1. The van der Waals surface area contributed by atoms with E-state index in [2.05, 4.69) is 27.7 Å². The predicted molar refractivity (Wildman–Crippen MR) is 69.7 cm³/mol. The highest BCUT2D eigenvalue weighted by atomic mass is 16.3. The second kappa shape index (κ2) is 4.97. The fraction of sp³-hybridized carbons (Fsp3) is 0.929. The first-order valence-electron chi connectivity index (χ1n) is 6.59. The Bertz CT molecular complexity index is 278. The Morgan fingerprint density at radius 2 is 2.06 bits per heavy atom. The van der Waals surface area contributed by atoms with Crippen LogP contribution in [-0.2, 0) is 4.79 Å².